The maximum Gasteiger partial charge on any atom is 0.380 e. The number of ether oxygens (including phenoxy) is 4. The Morgan fingerprint density at radius 2 is 1.44 bits per heavy atom. The van der Waals surface area contributed by atoms with Crippen molar-refractivity contribution in [2.24, 2.45) is 0 Å². The van der Waals surface area contributed by atoms with Gasteiger partial charge in [0.15, 0.2) is 6.10 Å². The molecule has 0 N–H and O–H groups in total. The summed E-state index contributed by atoms with van der Waals surface area (Å²) in [5.41, 5.74) is 1.37. The second-order valence-electron chi connectivity index (χ2n) is 6.57. The summed E-state index contributed by atoms with van der Waals surface area (Å²) in [6.45, 7) is 1.01. The number of fused-ring (bicyclic) bond motifs is 1. The maximum absolute atomic E-state index is 12.2. The van der Waals surface area contributed by atoms with Gasteiger partial charge < -0.3 is 18.9 Å². The molecule has 0 spiro atoms. The van der Waals surface area contributed by atoms with E-state index in [1.165, 1.54) is 0 Å². The highest BCUT2D eigenvalue weighted by molar-refractivity contribution is 6.40. The van der Waals surface area contributed by atoms with E-state index < -0.39 is 24.0 Å². The van der Waals surface area contributed by atoms with Gasteiger partial charge in [0.1, 0.15) is 18.3 Å². The second kappa shape index (κ2) is 8.00. The molecular weight excluding hydrogens is 348 g/mol. The fraction of sp³-hybridized carbons (Fsp3) is 0.333. The Morgan fingerprint density at radius 3 is 2.15 bits per heavy atom. The van der Waals surface area contributed by atoms with Crippen LogP contribution >= 0.6 is 0 Å². The van der Waals surface area contributed by atoms with E-state index in [0.29, 0.717) is 18.8 Å². The summed E-state index contributed by atoms with van der Waals surface area (Å²) in [6, 6.07) is 18.2. The molecule has 2 aliphatic heterocycles. The molecule has 0 aliphatic carbocycles. The lowest BCUT2D eigenvalue weighted by Crippen LogP contribution is -2.36. The predicted molar refractivity (Wildman–Crippen MR) is 95.2 cm³/mol. The van der Waals surface area contributed by atoms with Gasteiger partial charge in [0.25, 0.3) is 5.78 Å². The molecule has 0 amide bonds. The molecule has 0 radical (unpaired) electrons. The van der Waals surface area contributed by atoms with E-state index in [0.717, 1.165) is 5.56 Å². The van der Waals surface area contributed by atoms with Gasteiger partial charge in [0, 0.05) is 5.56 Å². The minimum absolute atomic E-state index is 0.189. The monoisotopic (exact) mass is 368 g/mol. The Balaban J connectivity index is 1.32. The number of esters is 1. The SMILES string of the molecule is O=C(O[C@@H]1COC2C1OC[C@H]2OCc1ccccc1)C(=O)c1ccccc1. The number of hydrogen-bond acceptors (Lipinski definition) is 6. The molecule has 2 aliphatic rings. The molecule has 0 aromatic heterocycles. The van der Waals surface area contributed by atoms with Crippen molar-refractivity contribution in [2.75, 3.05) is 13.2 Å². The van der Waals surface area contributed by atoms with Crippen LogP contribution in [0.3, 0.4) is 0 Å². The fourth-order valence-corrected chi connectivity index (χ4v) is 3.35. The molecule has 2 fully saturated rings. The van der Waals surface area contributed by atoms with E-state index in [4.69, 9.17) is 18.9 Å². The first kappa shape index (κ1) is 17.9. The van der Waals surface area contributed by atoms with Gasteiger partial charge in [-0.2, -0.15) is 0 Å². The average Bonchev–Trinajstić information content (AvgIpc) is 3.30. The van der Waals surface area contributed by atoms with Crippen LogP contribution in [0, 0.1) is 0 Å². The summed E-state index contributed by atoms with van der Waals surface area (Å²) < 4.78 is 22.8. The lowest BCUT2D eigenvalue weighted by Gasteiger charge is -2.17. The molecule has 4 atom stereocenters. The Bertz CT molecular complexity index is 791. The molecule has 2 aromatic carbocycles. The van der Waals surface area contributed by atoms with Crippen molar-refractivity contribution in [3.63, 3.8) is 0 Å². The van der Waals surface area contributed by atoms with E-state index >= 15 is 0 Å². The predicted octanol–water partition coefficient (Wildman–Crippen LogP) is 2.16. The Hall–Kier alpha value is -2.54. The van der Waals surface area contributed by atoms with Crippen molar-refractivity contribution in [3.05, 3.63) is 71.8 Å². The maximum atomic E-state index is 12.2. The summed E-state index contributed by atoms with van der Waals surface area (Å²) in [7, 11) is 0. The van der Waals surface area contributed by atoms with Gasteiger partial charge >= 0.3 is 5.97 Å². The number of ketones is 1. The van der Waals surface area contributed by atoms with Gasteiger partial charge in [-0.3, -0.25) is 4.79 Å². The van der Waals surface area contributed by atoms with E-state index in [1.807, 2.05) is 30.3 Å². The van der Waals surface area contributed by atoms with Crippen molar-refractivity contribution in [2.45, 2.75) is 31.0 Å². The smallest absolute Gasteiger partial charge is 0.380 e. The highest BCUT2D eigenvalue weighted by atomic mass is 16.7. The highest BCUT2D eigenvalue weighted by Gasteiger charge is 2.50. The Labute approximate surface area is 157 Å². The molecule has 6 heteroatoms. The normalized spacial score (nSPS) is 26.5. The van der Waals surface area contributed by atoms with E-state index in [9.17, 15) is 9.59 Å². The second-order valence-corrected chi connectivity index (χ2v) is 6.57. The van der Waals surface area contributed by atoms with E-state index in [-0.39, 0.29) is 18.8 Å². The van der Waals surface area contributed by atoms with Crippen LogP contribution in [0.1, 0.15) is 15.9 Å². The zero-order valence-electron chi connectivity index (χ0n) is 14.7. The van der Waals surface area contributed by atoms with Crippen LogP contribution in [-0.2, 0) is 30.3 Å². The molecular formula is C21H20O6. The topological polar surface area (TPSA) is 71.1 Å². The summed E-state index contributed by atoms with van der Waals surface area (Å²) in [4.78, 5) is 24.3. The molecule has 6 nitrogen and oxygen atoms in total. The van der Waals surface area contributed by atoms with Crippen LogP contribution in [0.4, 0.5) is 0 Å². The molecule has 2 unspecified atom stereocenters. The summed E-state index contributed by atoms with van der Waals surface area (Å²) in [5, 5.41) is 0. The molecule has 4 rings (SSSR count). The molecule has 140 valence electrons. The first-order valence-corrected chi connectivity index (χ1v) is 8.91. The van der Waals surface area contributed by atoms with Gasteiger partial charge in [-0.1, -0.05) is 60.7 Å². The van der Waals surface area contributed by atoms with Gasteiger partial charge in [0.2, 0.25) is 0 Å². The molecule has 2 aromatic rings. The summed E-state index contributed by atoms with van der Waals surface area (Å²) in [6.07, 6.45) is -1.57. The molecule has 27 heavy (non-hydrogen) atoms. The standard InChI is InChI=1S/C21H20O6/c22-18(15-9-5-2-6-10-15)21(23)27-17-13-26-19-16(12-25-20(17)19)24-11-14-7-3-1-4-8-14/h1-10,16-17,19-20H,11-13H2/t16-,17-,19?,20?/m1/s1. The number of carbonyl (C=O) groups excluding carboxylic acids is 2. The average molecular weight is 368 g/mol. The molecule has 0 bridgehead atoms. The molecule has 0 saturated carbocycles. The van der Waals surface area contributed by atoms with Crippen LogP contribution in [0.15, 0.2) is 60.7 Å². The quantitative estimate of drug-likeness (QED) is 0.442. The number of carbonyl (C=O) groups is 2. The van der Waals surface area contributed by atoms with Crippen LogP contribution in [0.2, 0.25) is 0 Å². The summed E-state index contributed by atoms with van der Waals surface area (Å²) in [5.74, 6) is -1.57. The minimum Gasteiger partial charge on any atom is -0.451 e. The van der Waals surface area contributed by atoms with Crippen LogP contribution in [0.5, 0.6) is 0 Å². The third-order valence-electron chi connectivity index (χ3n) is 4.75. The van der Waals surface area contributed by atoms with Crippen LogP contribution in [-0.4, -0.2) is 49.4 Å². The number of Topliss-reactive ketones (excluding diaryl/α,β-unsaturated/α-hetero) is 1. The van der Waals surface area contributed by atoms with Crippen molar-refractivity contribution in [1.29, 1.82) is 0 Å². The van der Waals surface area contributed by atoms with Gasteiger partial charge in [-0.15, -0.1) is 0 Å². The lowest BCUT2D eigenvalue weighted by molar-refractivity contribution is -0.148. The van der Waals surface area contributed by atoms with Crippen LogP contribution < -0.4 is 0 Å². The third-order valence-corrected chi connectivity index (χ3v) is 4.75. The van der Waals surface area contributed by atoms with E-state index in [1.54, 1.807) is 30.3 Å². The van der Waals surface area contributed by atoms with E-state index in [2.05, 4.69) is 0 Å². The first-order valence-electron chi connectivity index (χ1n) is 8.91. The molecule has 2 saturated heterocycles. The number of benzene rings is 2. The Kier molecular flexibility index (Phi) is 5.29. The fourth-order valence-electron chi connectivity index (χ4n) is 3.35. The van der Waals surface area contributed by atoms with Crippen molar-refractivity contribution in [3.8, 4) is 0 Å². The summed E-state index contributed by atoms with van der Waals surface area (Å²) >= 11 is 0. The Morgan fingerprint density at radius 1 is 0.852 bits per heavy atom. The van der Waals surface area contributed by atoms with Gasteiger partial charge in [-0.05, 0) is 5.56 Å². The number of rotatable bonds is 6. The minimum atomic E-state index is -0.896. The van der Waals surface area contributed by atoms with Crippen molar-refractivity contribution < 1.29 is 28.5 Å². The van der Waals surface area contributed by atoms with Gasteiger partial charge in [-0.25, -0.2) is 4.79 Å². The highest BCUT2D eigenvalue weighted by Crippen LogP contribution is 2.31. The van der Waals surface area contributed by atoms with Crippen molar-refractivity contribution >= 4 is 11.8 Å². The largest absolute Gasteiger partial charge is 0.451 e. The molecule has 2 heterocycles. The zero-order valence-corrected chi connectivity index (χ0v) is 14.7. The van der Waals surface area contributed by atoms with Gasteiger partial charge in [0.05, 0.1) is 19.8 Å². The lowest BCUT2D eigenvalue weighted by atomic mass is 10.1. The zero-order chi connectivity index (χ0) is 18.6. The number of hydrogen-bond donors (Lipinski definition) is 0. The van der Waals surface area contributed by atoms with Crippen LogP contribution in [0.25, 0.3) is 0 Å². The third kappa shape index (κ3) is 3.93. The van der Waals surface area contributed by atoms with Crippen molar-refractivity contribution in [1.82, 2.24) is 0 Å². The first-order chi connectivity index (χ1) is 13.2.